The van der Waals surface area contributed by atoms with Gasteiger partial charge in [0.05, 0.1) is 6.04 Å². The zero-order valence-electron chi connectivity index (χ0n) is 14.4. The van der Waals surface area contributed by atoms with Gasteiger partial charge in [0.1, 0.15) is 5.82 Å². The summed E-state index contributed by atoms with van der Waals surface area (Å²) in [6, 6.07) is 1.49. The number of rotatable bonds is 2. The van der Waals surface area contributed by atoms with Gasteiger partial charge in [-0.25, -0.2) is 9.59 Å². The summed E-state index contributed by atoms with van der Waals surface area (Å²) in [6.07, 6.45) is 1.81. The van der Waals surface area contributed by atoms with Gasteiger partial charge in [0.25, 0.3) is 5.56 Å². The summed E-state index contributed by atoms with van der Waals surface area (Å²) < 4.78 is 2.57. The van der Waals surface area contributed by atoms with Crippen molar-refractivity contribution >= 4 is 11.8 Å². The molecule has 1 unspecified atom stereocenters. The number of amides is 2. The maximum atomic E-state index is 12.1. The average Bonchev–Trinajstić information content (AvgIpc) is 2.54. The number of urea groups is 1. The lowest BCUT2D eigenvalue weighted by Gasteiger charge is -2.39. The minimum Gasteiger partial charge on any atom is -0.356 e. The van der Waals surface area contributed by atoms with Crippen LogP contribution < -0.4 is 16.1 Å². The van der Waals surface area contributed by atoms with Crippen LogP contribution in [0.1, 0.15) is 12.8 Å². The summed E-state index contributed by atoms with van der Waals surface area (Å²) in [4.78, 5) is 41.4. The van der Waals surface area contributed by atoms with Crippen LogP contribution in [0.2, 0.25) is 0 Å². The number of anilines is 1. The van der Waals surface area contributed by atoms with Crippen LogP contribution in [0.5, 0.6) is 0 Å². The number of nitrogens with zero attached hydrogens (tertiary/aromatic N) is 5. The third-order valence-electron chi connectivity index (χ3n) is 4.45. The van der Waals surface area contributed by atoms with Gasteiger partial charge in [-0.2, -0.15) is 0 Å². The van der Waals surface area contributed by atoms with E-state index in [0.29, 0.717) is 12.4 Å². The number of likely N-dealkylation sites (N-methyl/N-ethyl adjacent to an activating group) is 1. The van der Waals surface area contributed by atoms with Gasteiger partial charge in [-0.3, -0.25) is 13.9 Å². The summed E-state index contributed by atoms with van der Waals surface area (Å²) in [5.74, 6) is 0.605. The minimum absolute atomic E-state index is 0.0466. The van der Waals surface area contributed by atoms with Gasteiger partial charge in [0, 0.05) is 54.4 Å². The maximum Gasteiger partial charge on any atom is 0.332 e. The standard InChI is InChI=1S/C15H25N5O3/c1-16(2)14(22)17(3)11-7-6-8-20(10-11)12-9-13(21)19(5)15(23)18(12)4/h9,11H,6-8,10H2,1-5H3. The summed E-state index contributed by atoms with van der Waals surface area (Å²) in [6.45, 7) is 1.37. The first-order valence-corrected chi connectivity index (χ1v) is 7.70. The number of hydrogen-bond acceptors (Lipinski definition) is 4. The molecule has 1 aliphatic heterocycles. The van der Waals surface area contributed by atoms with E-state index >= 15 is 0 Å². The van der Waals surface area contributed by atoms with Gasteiger partial charge in [0.15, 0.2) is 0 Å². The Morgan fingerprint density at radius 3 is 2.43 bits per heavy atom. The lowest BCUT2D eigenvalue weighted by Crippen LogP contribution is -2.52. The third-order valence-corrected chi connectivity index (χ3v) is 4.45. The zero-order valence-corrected chi connectivity index (χ0v) is 14.4. The Bertz CT molecular complexity index is 706. The van der Waals surface area contributed by atoms with Crippen LogP contribution in [0, 0.1) is 0 Å². The monoisotopic (exact) mass is 323 g/mol. The van der Waals surface area contributed by atoms with E-state index in [1.807, 2.05) is 4.90 Å². The highest BCUT2D eigenvalue weighted by molar-refractivity contribution is 5.74. The Hall–Kier alpha value is -2.25. The zero-order chi connectivity index (χ0) is 17.3. The van der Waals surface area contributed by atoms with Crippen molar-refractivity contribution in [2.75, 3.05) is 39.1 Å². The summed E-state index contributed by atoms with van der Waals surface area (Å²) in [7, 11) is 8.38. The van der Waals surface area contributed by atoms with E-state index in [2.05, 4.69) is 0 Å². The molecule has 0 bridgehead atoms. The molecule has 128 valence electrons. The molecule has 0 N–H and O–H groups in total. The number of carbonyl (C=O) groups excluding carboxylic acids is 1. The van der Waals surface area contributed by atoms with Gasteiger partial charge in [-0.05, 0) is 12.8 Å². The molecular weight excluding hydrogens is 298 g/mol. The molecule has 0 aromatic carbocycles. The van der Waals surface area contributed by atoms with Crippen LogP contribution in [0.3, 0.4) is 0 Å². The van der Waals surface area contributed by atoms with Crippen molar-refractivity contribution in [1.82, 2.24) is 18.9 Å². The molecule has 1 fully saturated rings. The molecule has 0 aliphatic carbocycles. The Balaban J connectivity index is 2.27. The van der Waals surface area contributed by atoms with E-state index in [1.54, 1.807) is 38.0 Å². The van der Waals surface area contributed by atoms with Crippen molar-refractivity contribution in [1.29, 1.82) is 0 Å². The lowest BCUT2D eigenvalue weighted by molar-refractivity contribution is 0.157. The third kappa shape index (κ3) is 3.25. The number of carbonyl (C=O) groups is 1. The molecule has 1 atom stereocenters. The van der Waals surface area contributed by atoms with Crippen LogP contribution in [0.15, 0.2) is 15.7 Å². The molecule has 8 nitrogen and oxygen atoms in total. The van der Waals surface area contributed by atoms with Crippen molar-refractivity contribution in [3.8, 4) is 0 Å². The molecule has 2 heterocycles. The number of hydrogen-bond donors (Lipinski definition) is 0. The molecule has 1 aliphatic rings. The van der Waals surface area contributed by atoms with Gasteiger partial charge in [0.2, 0.25) is 0 Å². The average molecular weight is 323 g/mol. The predicted octanol–water partition coefficient (Wildman–Crippen LogP) is -0.334. The van der Waals surface area contributed by atoms with Crippen LogP contribution in [-0.4, -0.2) is 65.2 Å². The molecule has 23 heavy (non-hydrogen) atoms. The van der Waals surface area contributed by atoms with Crippen LogP contribution in [0.25, 0.3) is 0 Å². The quantitative estimate of drug-likeness (QED) is 0.747. The van der Waals surface area contributed by atoms with Crippen LogP contribution in [-0.2, 0) is 14.1 Å². The topological polar surface area (TPSA) is 70.8 Å². The fraction of sp³-hybridized carbons (Fsp3) is 0.667. The molecule has 2 rings (SSSR count). The number of piperidine rings is 1. The fourth-order valence-corrected chi connectivity index (χ4v) is 2.98. The second kappa shape index (κ2) is 6.47. The fourth-order valence-electron chi connectivity index (χ4n) is 2.98. The molecule has 0 spiro atoms. The second-order valence-electron chi connectivity index (χ2n) is 6.27. The molecule has 1 aromatic heterocycles. The van der Waals surface area contributed by atoms with E-state index < -0.39 is 0 Å². The maximum absolute atomic E-state index is 12.1. The predicted molar refractivity (Wildman–Crippen MR) is 89.0 cm³/mol. The minimum atomic E-state index is -0.340. The molecule has 0 saturated carbocycles. The lowest BCUT2D eigenvalue weighted by atomic mass is 10.0. The normalized spacial score (nSPS) is 18.0. The Kier molecular flexibility index (Phi) is 4.82. The molecule has 0 radical (unpaired) electrons. The molecule has 2 amide bonds. The molecule has 1 saturated heterocycles. The first-order valence-electron chi connectivity index (χ1n) is 7.70. The highest BCUT2D eigenvalue weighted by Crippen LogP contribution is 2.20. The van der Waals surface area contributed by atoms with Gasteiger partial charge >= 0.3 is 11.7 Å². The summed E-state index contributed by atoms with van der Waals surface area (Å²) in [5.41, 5.74) is -0.657. The summed E-state index contributed by atoms with van der Waals surface area (Å²) in [5, 5.41) is 0. The number of aromatic nitrogens is 2. The van der Waals surface area contributed by atoms with E-state index in [4.69, 9.17) is 0 Å². The summed E-state index contributed by atoms with van der Waals surface area (Å²) >= 11 is 0. The van der Waals surface area contributed by atoms with Crippen LogP contribution in [0.4, 0.5) is 10.6 Å². The SMILES string of the molecule is CN(C)C(=O)N(C)C1CCCN(c2cc(=O)n(C)c(=O)n2C)C1. The van der Waals surface area contributed by atoms with Crippen molar-refractivity contribution in [3.63, 3.8) is 0 Å². The largest absolute Gasteiger partial charge is 0.356 e. The molecular formula is C15H25N5O3. The Morgan fingerprint density at radius 1 is 1.17 bits per heavy atom. The Labute approximate surface area is 135 Å². The first kappa shape index (κ1) is 17.1. The smallest absolute Gasteiger partial charge is 0.332 e. The van der Waals surface area contributed by atoms with E-state index in [-0.39, 0.29) is 23.3 Å². The van der Waals surface area contributed by atoms with E-state index in [0.717, 1.165) is 24.0 Å². The highest BCUT2D eigenvalue weighted by atomic mass is 16.2. The van der Waals surface area contributed by atoms with Gasteiger partial charge < -0.3 is 14.7 Å². The van der Waals surface area contributed by atoms with Crippen molar-refractivity contribution in [2.45, 2.75) is 18.9 Å². The van der Waals surface area contributed by atoms with Crippen LogP contribution >= 0.6 is 0 Å². The van der Waals surface area contributed by atoms with E-state index in [9.17, 15) is 14.4 Å². The first-order chi connectivity index (χ1) is 10.7. The Morgan fingerprint density at radius 2 is 1.83 bits per heavy atom. The van der Waals surface area contributed by atoms with E-state index in [1.165, 1.54) is 17.7 Å². The van der Waals surface area contributed by atoms with Crippen molar-refractivity contribution in [2.24, 2.45) is 14.1 Å². The molecule has 8 heteroatoms. The second-order valence-corrected chi connectivity index (χ2v) is 6.27. The van der Waals surface area contributed by atoms with Gasteiger partial charge in [-0.15, -0.1) is 0 Å². The highest BCUT2D eigenvalue weighted by Gasteiger charge is 2.28. The van der Waals surface area contributed by atoms with Crippen molar-refractivity contribution in [3.05, 3.63) is 26.9 Å². The molecule has 1 aromatic rings. The van der Waals surface area contributed by atoms with Gasteiger partial charge in [-0.1, -0.05) is 0 Å². The van der Waals surface area contributed by atoms with Crippen molar-refractivity contribution < 1.29 is 4.79 Å².